The Balaban J connectivity index is 1.59. The van der Waals surface area contributed by atoms with Crippen LogP contribution in [0.4, 0.5) is 5.82 Å². The number of carbonyl (C=O) groups is 1. The number of aromatic nitrogens is 2. The number of anilines is 1. The maximum atomic E-state index is 12.3. The maximum absolute atomic E-state index is 12.3. The van der Waals surface area contributed by atoms with E-state index in [1.54, 1.807) is 4.90 Å². The van der Waals surface area contributed by atoms with E-state index in [1.807, 2.05) is 0 Å². The monoisotopic (exact) mass is 438 g/mol. The van der Waals surface area contributed by atoms with Crippen LogP contribution in [0.25, 0.3) is 0 Å². The largest absolute Gasteiger partial charge is 0.462 e. The number of likely N-dealkylation sites (N-methyl/N-ethyl adjacent to an activating group) is 1. The molecule has 1 aliphatic carbocycles. The number of hydrogen-bond acceptors (Lipinski definition) is 7. The van der Waals surface area contributed by atoms with Gasteiger partial charge in [-0.05, 0) is 57.7 Å². The lowest BCUT2D eigenvalue weighted by atomic mass is 9.87. The second-order valence-electron chi connectivity index (χ2n) is 9.39. The van der Waals surface area contributed by atoms with Gasteiger partial charge in [-0.1, -0.05) is 13.5 Å². The molecule has 0 N–H and O–H groups in total. The topological polar surface area (TPSA) is 85.6 Å². The number of carbonyl (C=O) groups excluding carboxylic acids is 1. The zero-order valence-corrected chi connectivity index (χ0v) is 19.3. The second-order valence-corrected chi connectivity index (χ2v) is 9.39. The lowest BCUT2D eigenvalue weighted by molar-refractivity contribution is -0.128. The molecule has 32 heavy (non-hydrogen) atoms. The van der Waals surface area contributed by atoms with Crippen LogP contribution in [-0.2, 0) is 17.6 Å². The van der Waals surface area contributed by atoms with Crippen molar-refractivity contribution in [2.75, 3.05) is 44.7 Å². The first-order chi connectivity index (χ1) is 15.5. The fourth-order valence-electron chi connectivity index (χ4n) is 5.17. The van der Waals surface area contributed by atoms with Crippen LogP contribution in [0, 0.1) is 17.2 Å². The molecule has 0 aromatic carbocycles. The van der Waals surface area contributed by atoms with Gasteiger partial charge >= 0.3 is 6.01 Å². The standard InChI is InChI=1S/C24H34N6O2/c1-4-22(31)30-13-12-29(15-18(30)9-10-25)23-20-14-17(2)7-8-21(20)26-24(27-23)32-16-19-6-5-11-28(19)3/h4,17-19H,1,5-9,11-16H2,2-3H3/t17-,18+,19+/m1/s1. The zero-order chi connectivity index (χ0) is 22.7. The molecule has 1 aromatic heterocycles. The van der Waals surface area contributed by atoms with Gasteiger partial charge in [-0.3, -0.25) is 4.79 Å². The van der Waals surface area contributed by atoms with Gasteiger partial charge in [0.05, 0.1) is 24.2 Å². The highest BCUT2D eigenvalue weighted by molar-refractivity contribution is 5.87. The van der Waals surface area contributed by atoms with Gasteiger partial charge in [-0.15, -0.1) is 0 Å². The summed E-state index contributed by atoms with van der Waals surface area (Å²) in [6.45, 7) is 9.39. The number of nitrogens with zero attached hydrogens (tertiary/aromatic N) is 6. The average Bonchev–Trinajstić information content (AvgIpc) is 3.21. The Labute approximate surface area is 190 Å². The van der Waals surface area contributed by atoms with Gasteiger partial charge in [0.1, 0.15) is 12.4 Å². The summed E-state index contributed by atoms with van der Waals surface area (Å²) in [5.74, 6) is 1.39. The van der Waals surface area contributed by atoms with Crippen LogP contribution >= 0.6 is 0 Å². The minimum Gasteiger partial charge on any atom is -0.462 e. The predicted molar refractivity (Wildman–Crippen MR) is 123 cm³/mol. The summed E-state index contributed by atoms with van der Waals surface area (Å²) in [6.07, 6.45) is 6.96. The van der Waals surface area contributed by atoms with Crippen LogP contribution < -0.4 is 9.64 Å². The first-order valence-electron chi connectivity index (χ1n) is 11.8. The Bertz CT molecular complexity index is 897. The number of piperazine rings is 1. The van der Waals surface area contributed by atoms with E-state index >= 15 is 0 Å². The Hall–Kier alpha value is -2.66. The van der Waals surface area contributed by atoms with Gasteiger partial charge < -0.3 is 19.4 Å². The number of hydrogen-bond donors (Lipinski definition) is 0. The quantitative estimate of drug-likeness (QED) is 0.629. The van der Waals surface area contributed by atoms with Crippen molar-refractivity contribution in [2.45, 2.75) is 57.5 Å². The van der Waals surface area contributed by atoms with Gasteiger partial charge in [0, 0.05) is 31.2 Å². The molecule has 2 fully saturated rings. The Morgan fingerprint density at radius 3 is 2.84 bits per heavy atom. The van der Waals surface area contributed by atoms with Crippen LogP contribution in [0.5, 0.6) is 6.01 Å². The molecule has 3 heterocycles. The molecule has 8 heteroatoms. The fraction of sp³-hybridized carbons (Fsp3) is 0.667. The molecule has 1 amide bonds. The molecule has 3 atom stereocenters. The SMILES string of the molecule is C=CC(=O)N1CCN(c2nc(OC[C@@H]3CCCN3C)nc3c2C[C@H](C)CC3)C[C@@H]1CC#N. The lowest BCUT2D eigenvalue weighted by Gasteiger charge is -2.41. The molecule has 2 aliphatic heterocycles. The fourth-order valence-corrected chi connectivity index (χ4v) is 5.17. The van der Waals surface area contributed by atoms with E-state index in [1.165, 1.54) is 18.1 Å². The normalized spacial score (nSPS) is 25.8. The molecular weight excluding hydrogens is 404 g/mol. The molecule has 3 aliphatic rings. The maximum Gasteiger partial charge on any atom is 0.318 e. The summed E-state index contributed by atoms with van der Waals surface area (Å²) >= 11 is 0. The summed E-state index contributed by atoms with van der Waals surface area (Å²) in [7, 11) is 2.14. The first-order valence-corrected chi connectivity index (χ1v) is 11.8. The van der Waals surface area contributed by atoms with Crippen LogP contribution in [-0.4, -0.2) is 77.6 Å². The van der Waals surface area contributed by atoms with Crippen molar-refractivity contribution in [3.8, 4) is 12.1 Å². The van der Waals surface area contributed by atoms with Gasteiger partial charge in [0.2, 0.25) is 5.91 Å². The molecule has 0 radical (unpaired) electrons. The number of fused-ring (bicyclic) bond motifs is 1. The van der Waals surface area contributed by atoms with Gasteiger partial charge in [0.25, 0.3) is 0 Å². The molecule has 0 spiro atoms. The highest BCUT2D eigenvalue weighted by Gasteiger charge is 2.33. The van der Waals surface area contributed by atoms with Crippen LogP contribution in [0.3, 0.4) is 0 Å². The van der Waals surface area contributed by atoms with E-state index in [-0.39, 0.29) is 18.4 Å². The van der Waals surface area contributed by atoms with E-state index in [4.69, 9.17) is 14.7 Å². The van der Waals surface area contributed by atoms with Gasteiger partial charge in [-0.2, -0.15) is 15.2 Å². The molecule has 4 rings (SSSR count). The van der Waals surface area contributed by atoms with E-state index in [9.17, 15) is 10.1 Å². The molecular formula is C24H34N6O2. The minimum atomic E-state index is -0.178. The van der Waals surface area contributed by atoms with E-state index in [2.05, 4.69) is 36.4 Å². The van der Waals surface area contributed by atoms with Crippen molar-refractivity contribution >= 4 is 11.7 Å². The van der Waals surface area contributed by atoms with Crippen molar-refractivity contribution in [2.24, 2.45) is 5.92 Å². The summed E-state index contributed by atoms with van der Waals surface area (Å²) in [5, 5.41) is 9.33. The molecule has 1 aromatic rings. The molecule has 0 bridgehead atoms. The highest BCUT2D eigenvalue weighted by atomic mass is 16.5. The molecule has 172 valence electrons. The summed E-state index contributed by atoms with van der Waals surface area (Å²) in [6, 6.07) is 2.92. The highest BCUT2D eigenvalue weighted by Crippen LogP contribution is 2.33. The average molecular weight is 439 g/mol. The zero-order valence-electron chi connectivity index (χ0n) is 19.3. The van der Waals surface area contributed by atoms with Crippen molar-refractivity contribution in [3.05, 3.63) is 23.9 Å². The van der Waals surface area contributed by atoms with Gasteiger partial charge in [-0.25, -0.2) is 0 Å². The smallest absolute Gasteiger partial charge is 0.318 e. The summed E-state index contributed by atoms with van der Waals surface area (Å²) < 4.78 is 6.12. The minimum absolute atomic E-state index is 0.118. The summed E-state index contributed by atoms with van der Waals surface area (Å²) in [4.78, 5) is 28.3. The molecule has 0 saturated carbocycles. The summed E-state index contributed by atoms with van der Waals surface area (Å²) in [5.41, 5.74) is 2.29. The van der Waals surface area contributed by atoms with Crippen LogP contribution in [0.2, 0.25) is 0 Å². The van der Waals surface area contributed by atoms with Crippen molar-refractivity contribution in [3.63, 3.8) is 0 Å². The third-order valence-electron chi connectivity index (χ3n) is 7.12. The third-order valence-corrected chi connectivity index (χ3v) is 7.12. The Morgan fingerprint density at radius 2 is 2.12 bits per heavy atom. The molecule has 0 unspecified atom stereocenters. The number of likely N-dealkylation sites (tertiary alicyclic amines) is 1. The van der Waals surface area contributed by atoms with Crippen LogP contribution in [0.15, 0.2) is 12.7 Å². The van der Waals surface area contributed by atoms with Crippen LogP contribution in [0.1, 0.15) is 43.9 Å². The number of aryl methyl sites for hydroxylation is 1. The van der Waals surface area contributed by atoms with E-state index in [0.717, 1.165) is 43.7 Å². The van der Waals surface area contributed by atoms with Gasteiger partial charge in [0.15, 0.2) is 0 Å². The second kappa shape index (κ2) is 9.86. The first kappa shape index (κ1) is 22.5. The number of amides is 1. The predicted octanol–water partition coefficient (Wildman–Crippen LogP) is 2.19. The molecule has 8 nitrogen and oxygen atoms in total. The number of nitriles is 1. The third kappa shape index (κ3) is 4.73. The lowest BCUT2D eigenvalue weighted by Crippen LogP contribution is -2.55. The van der Waals surface area contributed by atoms with Crippen molar-refractivity contribution in [1.29, 1.82) is 5.26 Å². The van der Waals surface area contributed by atoms with Crippen molar-refractivity contribution in [1.82, 2.24) is 19.8 Å². The Morgan fingerprint density at radius 1 is 1.28 bits per heavy atom. The Kier molecular flexibility index (Phi) is 6.95. The molecule has 2 saturated heterocycles. The van der Waals surface area contributed by atoms with E-state index < -0.39 is 0 Å². The van der Waals surface area contributed by atoms with E-state index in [0.29, 0.717) is 44.2 Å². The number of ether oxygens (including phenoxy) is 1. The number of rotatable bonds is 6. The van der Waals surface area contributed by atoms with Crippen molar-refractivity contribution < 1.29 is 9.53 Å².